The molecule has 0 saturated heterocycles. The first-order valence-electron chi connectivity index (χ1n) is 11.1. The number of carbonyl (C=O) groups is 1. The molecule has 3 nitrogen and oxygen atoms in total. The highest BCUT2D eigenvalue weighted by atomic mass is 19.1. The second-order valence-corrected chi connectivity index (χ2v) is 8.12. The van der Waals surface area contributed by atoms with Gasteiger partial charge in [0.05, 0.1) is 0 Å². The number of nitrogens with zero attached hydrogens (tertiary/aromatic N) is 1. The Hall–Kier alpha value is -3.14. The van der Waals surface area contributed by atoms with Crippen LogP contribution in [0.3, 0.4) is 0 Å². The van der Waals surface area contributed by atoms with Crippen LogP contribution >= 0.6 is 0 Å². The number of anilines is 2. The maximum Gasteiger partial charge on any atom is 0.128 e. The zero-order valence-corrected chi connectivity index (χ0v) is 17.8. The van der Waals surface area contributed by atoms with Crippen LogP contribution in [-0.2, 0) is 30.6 Å². The van der Waals surface area contributed by atoms with Gasteiger partial charge in [-0.2, -0.15) is 0 Å². The van der Waals surface area contributed by atoms with Crippen LogP contribution in [0.15, 0.2) is 66.7 Å². The lowest BCUT2D eigenvalue weighted by Gasteiger charge is -2.33. The number of fused-ring (bicyclic) bond motifs is 1. The zero-order valence-electron chi connectivity index (χ0n) is 17.8. The molecule has 1 heterocycles. The molecule has 1 aliphatic rings. The summed E-state index contributed by atoms with van der Waals surface area (Å²) < 4.78 is 14.3. The van der Waals surface area contributed by atoms with Crippen molar-refractivity contribution in [1.82, 2.24) is 0 Å². The molecule has 3 aromatic carbocycles. The molecular weight excluding hydrogens is 387 g/mol. The molecule has 0 aliphatic carbocycles. The van der Waals surface area contributed by atoms with Crippen molar-refractivity contribution < 1.29 is 9.18 Å². The summed E-state index contributed by atoms with van der Waals surface area (Å²) in [5.74, 6) is -0.258. The van der Waals surface area contributed by atoms with Crippen LogP contribution in [0.5, 0.6) is 0 Å². The molecule has 3 aromatic rings. The lowest BCUT2D eigenvalue weighted by Crippen LogP contribution is -2.32. The molecule has 0 unspecified atom stereocenters. The van der Waals surface area contributed by atoms with E-state index in [2.05, 4.69) is 58.7 Å². The Morgan fingerprint density at radius 1 is 0.968 bits per heavy atom. The highest BCUT2D eigenvalue weighted by Gasteiger charge is 2.20. The van der Waals surface area contributed by atoms with Gasteiger partial charge < -0.3 is 15.0 Å². The number of rotatable bonds is 9. The van der Waals surface area contributed by atoms with Crippen molar-refractivity contribution in [3.8, 4) is 0 Å². The maximum atomic E-state index is 14.3. The number of hydrogen-bond donors (Lipinski definition) is 1. The molecule has 0 saturated carbocycles. The molecule has 1 N–H and O–H groups in total. The number of halogens is 1. The zero-order chi connectivity index (χ0) is 21.5. The third-order valence-electron chi connectivity index (χ3n) is 5.97. The molecule has 0 spiro atoms. The molecule has 0 bridgehead atoms. The Kier molecular flexibility index (Phi) is 6.98. The summed E-state index contributed by atoms with van der Waals surface area (Å²) in [6, 6.07) is 22.3. The standard InChI is InChI=1S/C27H29FN2O/c28-26-19-25(14-13-22(26)12-6-18-31)29-20-24-10-4-9-23-11-5-16-30(27(23)24)17-15-21-7-2-1-3-8-21/h1-4,7-10,13-14,18-19,29H,5-6,11-12,15-17,20H2. The van der Waals surface area contributed by atoms with Crippen LogP contribution in [0.1, 0.15) is 35.1 Å². The van der Waals surface area contributed by atoms with Crippen molar-refractivity contribution in [3.63, 3.8) is 0 Å². The number of carbonyl (C=O) groups excluding carboxylic acids is 1. The van der Waals surface area contributed by atoms with E-state index >= 15 is 0 Å². The van der Waals surface area contributed by atoms with Crippen molar-refractivity contribution in [2.24, 2.45) is 0 Å². The van der Waals surface area contributed by atoms with Gasteiger partial charge in [-0.15, -0.1) is 0 Å². The fraction of sp³-hybridized carbons (Fsp3) is 0.296. The van der Waals surface area contributed by atoms with E-state index in [1.54, 1.807) is 6.07 Å². The van der Waals surface area contributed by atoms with Crippen LogP contribution in [0, 0.1) is 5.82 Å². The largest absolute Gasteiger partial charge is 0.381 e. The Labute approximate surface area is 183 Å². The first-order valence-corrected chi connectivity index (χ1v) is 11.1. The van der Waals surface area contributed by atoms with Gasteiger partial charge in [0.2, 0.25) is 0 Å². The van der Waals surface area contributed by atoms with Crippen molar-refractivity contribution in [2.45, 2.75) is 38.6 Å². The van der Waals surface area contributed by atoms with Crippen molar-refractivity contribution in [3.05, 3.63) is 94.8 Å². The fourth-order valence-corrected chi connectivity index (χ4v) is 4.37. The molecule has 0 amide bonds. The highest BCUT2D eigenvalue weighted by Crippen LogP contribution is 2.32. The summed E-state index contributed by atoms with van der Waals surface area (Å²) in [4.78, 5) is 13.1. The Morgan fingerprint density at radius 2 is 1.84 bits per heavy atom. The van der Waals surface area contributed by atoms with Crippen molar-refractivity contribution >= 4 is 17.7 Å². The smallest absolute Gasteiger partial charge is 0.128 e. The van der Waals surface area contributed by atoms with E-state index in [4.69, 9.17) is 0 Å². The lowest BCUT2D eigenvalue weighted by atomic mass is 9.97. The molecule has 160 valence electrons. The van der Waals surface area contributed by atoms with E-state index in [1.165, 1.54) is 34.9 Å². The van der Waals surface area contributed by atoms with Gasteiger partial charge in [0.25, 0.3) is 0 Å². The van der Waals surface area contributed by atoms with Gasteiger partial charge in [-0.25, -0.2) is 4.39 Å². The average Bonchev–Trinajstić information content (AvgIpc) is 2.81. The molecule has 4 heteroatoms. The van der Waals surface area contributed by atoms with Gasteiger partial charge in [-0.3, -0.25) is 0 Å². The third-order valence-corrected chi connectivity index (χ3v) is 5.97. The second-order valence-electron chi connectivity index (χ2n) is 8.12. The molecule has 0 aromatic heterocycles. The molecular formula is C27H29FN2O. The molecule has 0 radical (unpaired) electrons. The number of hydrogen-bond acceptors (Lipinski definition) is 3. The first kappa shape index (κ1) is 21.1. The topological polar surface area (TPSA) is 32.3 Å². The van der Waals surface area contributed by atoms with Gasteiger partial charge in [-0.1, -0.05) is 54.6 Å². The third kappa shape index (κ3) is 5.32. The summed E-state index contributed by atoms with van der Waals surface area (Å²) in [6.07, 6.45) is 4.91. The molecule has 31 heavy (non-hydrogen) atoms. The van der Waals surface area contributed by atoms with E-state index in [9.17, 15) is 9.18 Å². The van der Waals surface area contributed by atoms with E-state index < -0.39 is 0 Å². The van der Waals surface area contributed by atoms with E-state index in [-0.39, 0.29) is 5.82 Å². The van der Waals surface area contributed by atoms with Gasteiger partial charge in [0.15, 0.2) is 0 Å². The number of benzene rings is 3. The first-order chi connectivity index (χ1) is 15.2. The minimum absolute atomic E-state index is 0.258. The summed E-state index contributed by atoms with van der Waals surface area (Å²) in [7, 11) is 0. The summed E-state index contributed by atoms with van der Waals surface area (Å²) >= 11 is 0. The van der Waals surface area contributed by atoms with Crippen molar-refractivity contribution in [2.75, 3.05) is 23.3 Å². The SMILES string of the molecule is O=CCCc1ccc(NCc2cccc3c2N(CCc2ccccc2)CCC3)cc1F. The Balaban J connectivity index is 1.47. The van der Waals surface area contributed by atoms with E-state index in [1.807, 2.05) is 6.07 Å². The summed E-state index contributed by atoms with van der Waals surface area (Å²) in [6.45, 7) is 2.71. The number of aldehydes is 1. The maximum absolute atomic E-state index is 14.3. The number of nitrogens with one attached hydrogen (secondary N) is 1. The highest BCUT2D eigenvalue weighted by molar-refractivity contribution is 5.62. The van der Waals surface area contributed by atoms with Gasteiger partial charge in [0.1, 0.15) is 12.1 Å². The quantitative estimate of drug-likeness (QED) is 0.463. The number of aryl methyl sites for hydroxylation is 2. The predicted molar refractivity (Wildman–Crippen MR) is 125 cm³/mol. The number of para-hydroxylation sites is 1. The predicted octanol–water partition coefficient (Wildman–Crippen LogP) is 5.56. The van der Waals surface area contributed by atoms with Crippen LogP contribution in [0.2, 0.25) is 0 Å². The van der Waals surface area contributed by atoms with E-state index in [0.717, 1.165) is 37.9 Å². The van der Waals surface area contributed by atoms with E-state index in [0.29, 0.717) is 24.9 Å². The molecule has 1 aliphatic heterocycles. The monoisotopic (exact) mass is 416 g/mol. The second kappa shape index (κ2) is 10.3. The van der Waals surface area contributed by atoms with Crippen LogP contribution in [-0.4, -0.2) is 19.4 Å². The minimum Gasteiger partial charge on any atom is -0.381 e. The lowest BCUT2D eigenvalue weighted by molar-refractivity contribution is -0.107. The fourth-order valence-electron chi connectivity index (χ4n) is 4.37. The van der Waals surface area contributed by atoms with Gasteiger partial charge >= 0.3 is 0 Å². The van der Waals surface area contributed by atoms with Crippen LogP contribution in [0.25, 0.3) is 0 Å². The summed E-state index contributed by atoms with van der Waals surface area (Å²) in [5, 5.41) is 3.39. The summed E-state index contributed by atoms with van der Waals surface area (Å²) in [5.41, 5.74) is 6.68. The Bertz CT molecular complexity index is 1020. The molecule has 4 rings (SSSR count). The van der Waals surface area contributed by atoms with Gasteiger partial charge in [0, 0.05) is 37.4 Å². The minimum atomic E-state index is -0.258. The van der Waals surface area contributed by atoms with Crippen LogP contribution in [0.4, 0.5) is 15.8 Å². The average molecular weight is 417 g/mol. The molecule has 0 atom stereocenters. The Morgan fingerprint density at radius 3 is 2.65 bits per heavy atom. The molecule has 0 fully saturated rings. The van der Waals surface area contributed by atoms with Gasteiger partial charge in [-0.05, 0) is 60.1 Å². The van der Waals surface area contributed by atoms with Crippen molar-refractivity contribution in [1.29, 1.82) is 0 Å². The van der Waals surface area contributed by atoms with Crippen LogP contribution < -0.4 is 10.2 Å². The normalized spacial score (nSPS) is 13.0.